The summed E-state index contributed by atoms with van der Waals surface area (Å²) in [5.41, 5.74) is -0.573. The maximum Gasteiger partial charge on any atom is 0.417 e. The van der Waals surface area contributed by atoms with Gasteiger partial charge in [0, 0.05) is 16.2 Å². The molecular formula is C9H4F3S. The molecule has 0 N–H and O–H groups in total. The molecule has 0 aliphatic heterocycles. The highest BCUT2D eigenvalue weighted by molar-refractivity contribution is 7.17. The van der Waals surface area contributed by atoms with Crippen molar-refractivity contribution in [2.24, 2.45) is 0 Å². The molecule has 1 heterocycles. The van der Waals surface area contributed by atoms with Crippen molar-refractivity contribution >= 4 is 21.4 Å². The molecule has 0 bridgehead atoms. The van der Waals surface area contributed by atoms with E-state index in [4.69, 9.17) is 0 Å². The molecule has 67 valence electrons. The summed E-state index contributed by atoms with van der Waals surface area (Å²) in [7, 11) is 0. The number of fused-ring (bicyclic) bond motifs is 1. The van der Waals surface area contributed by atoms with Crippen molar-refractivity contribution in [3.8, 4) is 0 Å². The third-order valence-electron chi connectivity index (χ3n) is 1.71. The standard InChI is InChI=1S/C9H4F3S/c10-9(11,12)7-3-1-2-6-4-5-13-8(6)7/h1-3,5H. The van der Waals surface area contributed by atoms with Gasteiger partial charge in [0.1, 0.15) is 0 Å². The summed E-state index contributed by atoms with van der Waals surface area (Å²) in [6.07, 6.45) is -4.27. The first kappa shape index (κ1) is 8.56. The highest BCUT2D eigenvalue weighted by Gasteiger charge is 2.32. The molecule has 0 aliphatic rings. The SMILES string of the molecule is FC(F)(F)c1cccc2[c]csc12. The molecule has 0 fully saturated rings. The van der Waals surface area contributed by atoms with Crippen molar-refractivity contribution in [1.29, 1.82) is 0 Å². The fourth-order valence-electron chi connectivity index (χ4n) is 1.15. The second-order valence-corrected chi connectivity index (χ2v) is 3.44. The first-order valence-corrected chi connectivity index (χ1v) is 4.42. The largest absolute Gasteiger partial charge is 0.417 e. The van der Waals surface area contributed by atoms with Crippen LogP contribution in [0.1, 0.15) is 5.56 Å². The van der Waals surface area contributed by atoms with Crippen molar-refractivity contribution in [2.75, 3.05) is 0 Å². The second kappa shape index (κ2) is 2.73. The second-order valence-electron chi connectivity index (χ2n) is 2.56. The average molecular weight is 201 g/mol. The van der Waals surface area contributed by atoms with Gasteiger partial charge in [-0.1, -0.05) is 12.1 Å². The Bertz CT molecular complexity index is 428. The van der Waals surface area contributed by atoms with E-state index in [-0.39, 0.29) is 4.70 Å². The van der Waals surface area contributed by atoms with Gasteiger partial charge in [0.25, 0.3) is 0 Å². The van der Waals surface area contributed by atoms with Gasteiger partial charge >= 0.3 is 6.18 Å². The fraction of sp³-hybridized carbons (Fsp3) is 0.111. The number of halogens is 3. The molecule has 1 aromatic carbocycles. The van der Waals surface area contributed by atoms with Crippen LogP contribution in [-0.2, 0) is 6.18 Å². The van der Waals surface area contributed by atoms with E-state index in [1.807, 2.05) is 0 Å². The van der Waals surface area contributed by atoms with Crippen LogP contribution in [0, 0.1) is 6.07 Å². The summed E-state index contributed by atoms with van der Waals surface area (Å²) < 4.78 is 37.4. The van der Waals surface area contributed by atoms with E-state index < -0.39 is 11.7 Å². The van der Waals surface area contributed by atoms with Crippen LogP contribution in [-0.4, -0.2) is 0 Å². The maximum atomic E-state index is 12.4. The van der Waals surface area contributed by atoms with Crippen LogP contribution in [0.25, 0.3) is 10.1 Å². The molecule has 0 spiro atoms. The Morgan fingerprint density at radius 3 is 2.69 bits per heavy atom. The summed E-state index contributed by atoms with van der Waals surface area (Å²) in [4.78, 5) is 0. The van der Waals surface area contributed by atoms with Gasteiger partial charge in [-0.25, -0.2) is 0 Å². The topological polar surface area (TPSA) is 0 Å². The molecular weight excluding hydrogens is 197 g/mol. The zero-order valence-electron chi connectivity index (χ0n) is 6.35. The number of rotatable bonds is 0. The molecule has 4 heteroatoms. The van der Waals surface area contributed by atoms with E-state index in [9.17, 15) is 13.2 Å². The van der Waals surface area contributed by atoms with Gasteiger partial charge in [-0.2, -0.15) is 13.2 Å². The first-order chi connectivity index (χ1) is 6.09. The minimum absolute atomic E-state index is 0.259. The lowest BCUT2D eigenvalue weighted by molar-refractivity contribution is -0.136. The number of alkyl halides is 3. The predicted octanol–water partition coefficient (Wildman–Crippen LogP) is 3.72. The Morgan fingerprint density at radius 2 is 2.00 bits per heavy atom. The van der Waals surface area contributed by atoms with Gasteiger partial charge in [0.15, 0.2) is 0 Å². The Labute approximate surface area is 76.6 Å². The van der Waals surface area contributed by atoms with E-state index in [1.165, 1.54) is 6.07 Å². The van der Waals surface area contributed by atoms with Gasteiger partial charge in [-0.3, -0.25) is 0 Å². The average Bonchev–Trinajstić information content (AvgIpc) is 2.48. The third kappa shape index (κ3) is 1.42. The fourth-order valence-corrected chi connectivity index (χ4v) is 2.02. The van der Waals surface area contributed by atoms with E-state index in [1.54, 1.807) is 11.4 Å². The van der Waals surface area contributed by atoms with Crippen LogP contribution in [0.3, 0.4) is 0 Å². The van der Waals surface area contributed by atoms with Crippen molar-refractivity contribution in [3.63, 3.8) is 0 Å². The van der Waals surface area contributed by atoms with Crippen molar-refractivity contribution in [3.05, 3.63) is 35.2 Å². The molecule has 0 aliphatic carbocycles. The molecule has 0 amide bonds. The number of hydrogen-bond donors (Lipinski definition) is 0. The van der Waals surface area contributed by atoms with Crippen LogP contribution in [0.2, 0.25) is 0 Å². The number of benzene rings is 1. The van der Waals surface area contributed by atoms with Crippen LogP contribution in [0.4, 0.5) is 13.2 Å². The van der Waals surface area contributed by atoms with Gasteiger partial charge < -0.3 is 0 Å². The Kier molecular flexibility index (Phi) is 1.80. The smallest absolute Gasteiger partial charge is 0.166 e. The zero-order valence-corrected chi connectivity index (χ0v) is 7.17. The molecule has 0 nitrogen and oxygen atoms in total. The molecule has 0 saturated heterocycles. The van der Waals surface area contributed by atoms with Crippen LogP contribution < -0.4 is 0 Å². The van der Waals surface area contributed by atoms with Crippen LogP contribution in [0.5, 0.6) is 0 Å². The Balaban J connectivity index is 2.75. The highest BCUT2D eigenvalue weighted by Crippen LogP contribution is 2.36. The monoisotopic (exact) mass is 201 g/mol. The zero-order chi connectivity index (χ0) is 9.47. The van der Waals surface area contributed by atoms with E-state index in [0.717, 1.165) is 17.4 Å². The summed E-state index contributed by atoms with van der Waals surface area (Å²) in [6, 6.07) is 6.86. The third-order valence-corrected chi connectivity index (χ3v) is 2.62. The molecule has 13 heavy (non-hydrogen) atoms. The van der Waals surface area contributed by atoms with Gasteiger partial charge in [0.05, 0.1) is 5.56 Å². The number of hydrogen-bond acceptors (Lipinski definition) is 1. The normalized spacial score (nSPS) is 12.2. The Hall–Kier alpha value is -1.03. The minimum atomic E-state index is -4.27. The summed E-state index contributed by atoms with van der Waals surface area (Å²) >= 11 is 1.07. The molecule has 2 rings (SSSR count). The van der Waals surface area contributed by atoms with E-state index in [0.29, 0.717) is 5.39 Å². The van der Waals surface area contributed by atoms with E-state index in [2.05, 4.69) is 6.07 Å². The molecule has 1 aromatic heterocycles. The minimum Gasteiger partial charge on any atom is -0.166 e. The highest BCUT2D eigenvalue weighted by atomic mass is 32.1. The summed E-state index contributed by atoms with van der Waals surface area (Å²) in [6.45, 7) is 0. The lowest BCUT2D eigenvalue weighted by atomic mass is 10.1. The van der Waals surface area contributed by atoms with Gasteiger partial charge in [-0.15, -0.1) is 11.3 Å². The lowest BCUT2D eigenvalue weighted by Crippen LogP contribution is -2.04. The summed E-state index contributed by atoms with van der Waals surface area (Å²) in [5, 5.41) is 2.07. The predicted molar refractivity (Wildman–Crippen MR) is 45.7 cm³/mol. The van der Waals surface area contributed by atoms with Crippen molar-refractivity contribution in [2.45, 2.75) is 6.18 Å². The molecule has 1 radical (unpaired) electrons. The first-order valence-electron chi connectivity index (χ1n) is 3.54. The van der Waals surface area contributed by atoms with E-state index >= 15 is 0 Å². The van der Waals surface area contributed by atoms with Gasteiger partial charge in [-0.05, 0) is 11.4 Å². The Morgan fingerprint density at radius 1 is 1.23 bits per heavy atom. The van der Waals surface area contributed by atoms with Gasteiger partial charge in [0.2, 0.25) is 0 Å². The molecule has 2 aromatic rings. The number of thiophene rings is 1. The maximum absolute atomic E-state index is 12.4. The van der Waals surface area contributed by atoms with Crippen molar-refractivity contribution < 1.29 is 13.2 Å². The van der Waals surface area contributed by atoms with Crippen LogP contribution in [0.15, 0.2) is 23.6 Å². The summed E-state index contributed by atoms with van der Waals surface area (Å²) in [5.74, 6) is 0. The van der Waals surface area contributed by atoms with Crippen molar-refractivity contribution in [1.82, 2.24) is 0 Å². The molecule has 0 atom stereocenters. The quantitative estimate of drug-likeness (QED) is 0.609. The molecule has 0 unspecified atom stereocenters. The molecule has 0 saturated carbocycles. The van der Waals surface area contributed by atoms with Crippen LogP contribution >= 0.6 is 11.3 Å². The lowest BCUT2D eigenvalue weighted by Gasteiger charge is -2.06.